The molecular weight excluding hydrogens is 418 g/mol. The number of nitrogens with one attached hydrogen (secondary N) is 1. The van der Waals surface area contributed by atoms with Crippen LogP contribution in [0.3, 0.4) is 0 Å². The van der Waals surface area contributed by atoms with Crippen molar-refractivity contribution in [1.29, 1.82) is 0 Å². The Morgan fingerprint density at radius 3 is 2.42 bits per heavy atom. The van der Waals surface area contributed by atoms with Gasteiger partial charge in [-0.25, -0.2) is 8.42 Å². The predicted octanol–water partition coefficient (Wildman–Crippen LogP) is 1.34. The largest absolute Gasteiger partial charge is 0.497 e. The standard InChI is InChI=1S/C22H29N3O5S/c1-29-20-8-5-9-21(16-20)30-18-22(26)23-10-15-31(27,28)25-13-11-24(12-14-25)17-19-6-3-2-4-7-19/h2-9,16H,10-15,17-18H2,1H3,(H,23,26). The van der Waals surface area contributed by atoms with Crippen molar-refractivity contribution in [3.05, 3.63) is 60.2 Å². The van der Waals surface area contributed by atoms with E-state index in [2.05, 4.69) is 22.3 Å². The molecule has 168 valence electrons. The molecule has 1 aliphatic rings. The van der Waals surface area contributed by atoms with Gasteiger partial charge in [0.1, 0.15) is 11.5 Å². The van der Waals surface area contributed by atoms with E-state index in [0.717, 1.165) is 6.54 Å². The molecule has 0 aromatic heterocycles. The van der Waals surface area contributed by atoms with Crippen molar-refractivity contribution < 1.29 is 22.7 Å². The highest BCUT2D eigenvalue weighted by Crippen LogP contribution is 2.18. The van der Waals surface area contributed by atoms with Crippen molar-refractivity contribution >= 4 is 15.9 Å². The number of carbonyl (C=O) groups is 1. The number of amides is 1. The summed E-state index contributed by atoms with van der Waals surface area (Å²) in [6, 6.07) is 17.1. The zero-order valence-corrected chi connectivity index (χ0v) is 18.5. The van der Waals surface area contributed by atoms with Crippen molar-refractivity contribution in [2.75, 3.05) is 52.2 Å². The lowest BCUT2D eigenvalue weighted by molar-refractivity contribution is -0.122. The second-order valence-corrected chi connectivity index (χ2v) is 9.38. The molecule has 0 aliphatic carbocycles. The highest BCUT2D eigenvalue weighted by Gasteiger charge is 2.26. The van der Waals surface area contributed by atoms with E-state index in [0.29, 0.717) is 37.7 Å². The van der Waals surface area contributed by atoms with Gasteiger partial charge in [-0.1, -0.05) is 36.4 Å². The van der Waals surface area contributed by atoms with E-state index >= 15 is 0 Å². The summed E-state index contributed by atoms with van der Waals surface area (Å²) in [7, 11) is -1.87. The lowest BCUT2D eigenvalue weighted by Crippen LogP contribution is -2.49. The fourth-order valence-electron chi connectivity index (χ4n) is 3.35. The quantitative estimate of drug-likeness (QED) is 0.591. The van der Waals surface area contributed by atoms with Gasteiger partial charge < -0.3 is 14.8 Å². The maximum atomic E-state index is 12.6. The minimum absolute atomic E-state index is 0.0485. The number of sulfonamides is 1. The van der Waals surface area contributed by atoms with Crippen LogP contribution < -0.4 is 14.8 Å². The van der Waals surface area contributed by atoms with Crippen LogP contribution in [0.2, 0.25) is 0 Å². The van der Waals surface area contributed by atoms with Crippen LogP contribution in [0.1, 0.15) is 5.56 Å². The second-order valence-electron chi connectivity index (χ2n) is 7.29. The van der Waals surface area contributed by atoms with Crippen molar-refractivity contribution in [1.82, 2.24) is 14.5 Å². The van der Waals surface area contributed by atoms with E-state index in [9.17, 15) is 13.2 Å². The molecule has 1 heterocycles. The van der Waals surface area contributed by atoms with Crippen LogP contribution in [0.4, 0.5) is 0 Å². The molecule has 0 saturated carbocycles. The molecule has 1 aliphatic heterocycles. The number of piperazine rings is 1. The number of hydrogen-bond acceptors (Lipinski definition) is 6. The Morgan fingerprint density at radius 2 is 1.71 bits per heavy atom. The Bertz CT molecular complexity index is 945. The van der Waals surface area contributed by atoms with Gasteiger partial charge in [0.25, 0.3) is 5.91 Å². The lowest BCUT2D eigenvalue weighted by atomic mass is 10.2. The normalized spacial score (nSPS) is 15.4. The Balaban J connectivity index is 1.36. The summed E-state index contributed by atoms with van der Waals surface area (Å²) >= 11 is 0. The first-order valence-electron chi connectivity index (χ1n) is 10.2. The molecule has 1 amide bonds. The minimum Gasteiger partial charge on any atom is -0.497 e. The average molecular weight is 448 g/mol. The molecule has 2 aromatic rings. The van der Waals surface area contributed by atoms with Gasteiger partial charge in [0.15, 0.2) is 6.61 Å². The smallest absolute Gasteiger partial charge is 0.257 e. The minimum atomic E-state index is -3.42. The highest BCUT2D eigenvalue weighted by molar-refractivity contribution is 7.89. The van der Waals surface area contributed by atoms with Gasteiger partial charge in [-0.2, -0.15) is 4.31 Å². The lowest BCUT2D eigenvalue weighted by Gasteiger charge is -2.34. The fourth-order valence-corrected chi connectivity index (χ4v) is 4.68. The van der Waals surface area contributed by atoms with Gasteiger partial charge in [-0.15, -0.1) is 0 Å². The molecule has 1 fully saturated rings. The summed E-state index contributed by atoms with van der Waals surface area (Å²) in [6.07, 6.45) is 0. The third kappa shape index (κ3) is 7.23. The van der Waals surface area contributed by atoms with Crippen molar-refractivity contribution in [2.24, 2.45) is 0 Å². The van der Waals surface area contributed by atoms with Crippen LogP contribution in [0.25, 0.3) is 0 Å². The second kappa shape index (κ2) is 11.1. The summed E-state index contributed by atoms with van der Waals surface area (Å²) in [5.74, 6) is 0.644. The number of rotatable bonds is 10. The van der Waals surface area contributed by atoms with Gasteiger partial charge >= 0.3 is 0 Å². The van der Waals surface area contributed by atoms with E-state index in [1.807, 2.05) is 18.2 Å². The molecule has 8 nitrogen and oxygen atoms in total. The van der Waals surface area contributed by atoms with Crippen LogP contribution in [-0.2, 0) is 21.4 Å². The number of methoxy groups -OCH3 is 1. The third-order valence-corrected chi connectivity index (χ3v) is 6.94. The van der Waals surface area contributed by atoms with Crippen LogP contribution in [-0.4, -0.2) is 75.7 Å². The van der Waals surface area contributed by atoms with Crippen molar-refractivity contribution in [2.45, 2.75) is 6.54 Å². The van der Waals surface area contributed by atoms with E-state index in [-0.39, 0.29) is 24.8 Å². The molecular formula is C22H29N3O5S. The summed E-state index contributed by atoms with van der Waals surface area (Å²) in [5, 5.41) is 2.61. The average Bonchev–Trinajstić information content (AvgIpc) is 2.79. The predicted molar refractivity (Wildman–Crippen MR) is 119 cm³/mol. The summed E-state index contributed by atoms with van der Waals surface area (Å²) in [6.45, 7) is 2.98. The number of hydrogen-bond donors (Lipinski definition) is 1. The molecule has 0 spiro atoms. The van der Waals surface area contributed by atoms with Crippen LogP contribution in [0.15, 0.2) is 54.6 Å². The molecule has 1 N–H and O–H groups in total. The summed E-state index contributed by atoms with van der Waals surface area (Å²) in [5.41, 5.74) is 1.22. The van der Waals surface area contributed by atoms with Crippen molar-refractivity contribution in [3.63, 3.8) is 0 Å². The fraction of sp³-hybridized carbons (Fsp3) is 0.409. The molecule has 0 radical (unpaired) electrons. The van der Waals surface area contributed by atoms with Gasteiger partial charge in [0, 0.05) is 45.3 Å². The first-order chi connectivity index (χ1) is 15.0. The van der Waals surface area contributed by atoms with Gasteiger partial charge in [-0.05, 0) is 17.7 Å². The van der Waals surface area contributed by atoms with Gasteiger partial charge in [0.2, 0.25) is 10.0 Å². The van der Waals surface area contributed by atoms with Gasteiger partial charge in [0.05, 0.1) is 12.9 Å². The van der Waals surface area contributed by atoms with Crippen LogP contribution in [0.5, 0.6) is 11.5 Å². The monoisotopic (exact) mass is 447 g/mol. The molecule has 0 bridgehead atoms. The Morgan fingerprint density at radius 1 is 1.00 bits per heavy atom. The number of nitrogens with zero attached hydrogens (tertiary/aromatic N) is 2. The molecule has 2 aromatic carbocycles. The van der Waals surface area contributed by atoms with E-state index < -0.39 is 10.0 Å². The van der Waals surface area contributed by atoms with E-state index in [1.54, 1.807) is 31.4 Å². The third-order valence-electron chi connectivity index (χ3n) is 5.07. The highest BCUT2D eigenvalue weighted by atomic mass is 32.2. The summed E-state index contributed by atoms with van der Waals surface area (Å²) in [4.78, 5) is 14.2. The molecule has 3 rings (SSSR count). The van der Waals surface area contributed by atoms with Crippen molar-refractivity contribution in [3.8, 4) is 11.5 Å². The Kier molecular flexibility index (Phi) is 8.27. The molecule has 31 heavy (non-hydrogen) atoms. The molecule has 1 saturated heterocycles. The molecule has 0 atom stereocenters. The molecule has 9 heteroatoms. The Hall–Kier alpha value is -2.62. The maximum Gasteiger partial charge on any atom is 0.257 e. The first-order valence-corrected chi connectivity index (χ1v) is 11.8. The zero-order chi connectivity index (χ0) is 22.1. The zero-order valence-electron chi connectivity index (χ0n) is 17.7. The SMILES string of the molecule is COc1cccc(OCC(=O)NCCS(=O)(=O)N2CCN(Cc3ccccc3)CC2)c1. The summed E-state index contributed by atoms with van der Waals surface area (Å²) < 4.78 is 37.2. The van der Waals surface area contributed by atoms with Crippen LogP contribution in [0, 0.1) is 0 Å². The Labute approximate surface area is 183 Å². The van der Waals surface area contributed by atoms with Gasteiger partial charge in [-0.3, -0.25) is 9.69 Å². The number of carbonyl (C=O) groups excluding carboxylic acids is 1. The number of benzene rings is 2. The topological polar surface area (TPSA) is 88.2 Å². The van der Waals surface area contributed by atoms with E-state index in [4.69, 9.17) is 9.47 Å². The van der Waals surface area contributed by atoms with E-state index in [1.165, 1.54) is 9.87 Å². The maximum absolute atomic E-state index is 12.6. The molecule has 0 unspecified atom stereocenters. The van der Waals surface area contributed by atoms with Crippen LogP contribution >= 0.6 is 0 Å². The first kappa shape index (κ1) is 23.1. The number of ether oxygens (including phenoxy) is 2.